The van der Waals surface area contributed by atoms with Crippen molar-refractivity contribution in [2.24, 2.45) is 7.05 Å². The normalized spacial score (nSPS) is 10.2. The van der Waals surface area contributed by atoms with Gasteiger partial charge in [0.15, 0.2) is 12.0 Å². The first-order valence-corrected chi connectivity index (χ1v) is 3.70. The van der Waals surface area contributed by atoms with Crippen molar-refractivity contribution >= 4 is 6.29 Å². The van der Waals surface area contributed by atoms with Gasteiger partial charge in [-0.05, 0) is 6.07 Å². The van der Waals surface area contributed by atoms with Crippen molar-refractivity contribution in [1.29, 1.82) is 0 Å². The molecule has 2 rings (SSSR count). The molecule has 0 radical (unpaired) electrons. The van der Waals surface area contributed by atoms with Gasteiger partial charge in [0, 0.05) is 7.05 Å². The zero-order valence-corrected chi connectivity index (χ0v) is 6.97. The summed E-state index contributed by atoms with van der Waals surface area (Å²) in [5.41, 5.74) is 1.31. The standard InChI is InChI=1S/C8H7N3O2/c1-11-9-4-7(10-11)6-2-3-13-8(6)5-12/h2-5H,1H3. The highest BCUT2D eigenvalue weighted by atomic mass is 16.3. The molecule has 0 unspecified atom stereocenters. The van der Waals surface area contributed by atoms with Crippen LogP contribution >= 0.6 is 0 Å². The van der Waals surface area contributed by atoms with Crippen molar-refractivity contribution in [3.8, 4) is 11.3 Å². The SMILES string of the molecule is Cn1ncc(-c2ccoc2C=O)n1. The van der Waals surface area contributed by atoms with Crippen LogP contribution in [0.3, 0.4) is 0 Å². The molecule has 0 amide bonds. The third-order valence-corrected chi connectivity index (χ3v) is 1.68. The molecular formula is C8H7N3O2. The van der Waals surface area contributed by atoms with E-state index < -0.39 is 0 Å². The first-order valence-electron chi connectivity index (χ1n) is 3.70. The van der Waals surface area contributed by atoms with E-state index >= 15 is 0 Å². The molecule has 0 aliphatic rings. The summed E-state index contributed by atoms with van der Waals surface area (Å²) in [6.45, 7) is 0. The highest BCUT2D eigenvalue weighted by Gasteiger charge is 2.10. The van der Waals surface area contributed by atoms with Crippen molar-refractivity contribution < 1.29 is 9.21 Å². The van der Waals surface area contributed by atoms with Gasteiger partial charge in [0.1, 0.15) is 5.69 Å². The van der Waals surface area contributed by atoms with Crippen LogP contribution in [0.25, 0.3) is 11.3 Å². The van der Waals surface area contributed by atoms with Crippen molar-refractivity contribution in [2.75, 3.05) is 0 Å². The topological polar surface area (TPSA) is 60.9 Å². The number of aromatic nitrogens is 3. The maximum Gasteiger partial charge on any atom is 0.186 e. The summed E-state index contributed by atoms with van der Waals surface area (Å²) in [5, 5.41) is 7.94. The Labute approximate surface area is 74.0 Å². The molecule has 0 fully saturated rings. The Morgan fingerprint density at radius 1 is 1.62 bits per heavy atom. The van der Waals surface area contributed by atoms with Gasteiger partial charge in [-0.3, -0.25) is 4.79 Å². The molecule has 0 saturated carbocycles. The second-order valence-corrected chi connectivity index (χ2v) is 2.54. The van der Waals surface area contributed by atoms with Crippen LogP contribution in [0.5, 0.6) is 0 Å². The van der Waals surface area contributed by atoms with Gasteiger partial charge in [-0.1, -0.05) is 0 Å². The fourth-order valence-corrected chi connectivity index (χ4v) is 1.09. The fraction of sp³-hybridized carbons (Fsp3) is 0.125. The van der Waals surface area contributed by atoms with E-state index in [0.29, 0.717) is 17.5 Å². The Balaban J connectivity index is 2.51. The average molecular weight is 177 g/mol. The molecule has 0 aromatic carbocycles. The van der Waals surface area contributed by atoms with Gasteiger partial charge >= 0.3 is 0 Å². The molecule has 0 bridgehead atoms. The zero-order valence-electron chi connectivity index (χ0n) is 6.97. The number of carbonyl (C=O) groups excluding carboxylic acids is 1. The number of hydrogen-bond donors (Lipinski definition) is 0. The summed E-state index contributed by atoms with van der Waals surface area (Å²) in [4.78, 5) is 11.9. The van der Waals surface area contributed by atoms with Gasteiger partial charge < -0.3 is 4.42 Å². The van der Waals surface area contributed by atoms with E-state index in [0.717, 1.165) is 0 Å². The fourth-order valence-electron chi connectivity index (χ4n) is 1.09. The highest BCUT2D eigenvalue weighted by Crippen LogP contribution is 2.20. The summed E-state index contributed by atoms with van der Waals surface area (Å²) in [7, 11) is 1.71. The monoisotopic (exact) mass is 177 g/mol. The van der Waals surface area contributed by atoms with Crippen molar-refractivity contribution in [3.63, 3.8) is 0 Å². The van der Waals surface area contributed by atoms with Gasteiger partial charge in [-0.2, -0.15) is 15.0 Å². The Hall–Kier alpha value is -1.91. The molecule has 0 spiro atoms. The molecule has 66 valence electrons. The smallest absolute Gasteiger partial charge is 0.186 e. The summed E-state index contributed by atoms with van der Waals surface area (Å²) >= 11 is 0. The van der Waals surface area contributed by atoms with E-state index in [4.69, 9.17) is 4.42 Å². The molecule has 2 aromatic rings. The third kappa shape index (κ3) is 1.24. The molecule has 2 heterocycles. The molecule has 5 nitrogen and oxygen atoms in total. The molecule has 0 atom stereocenters. The molecule has 13 heavy (non-hydrogen) atoms. The largest absolute Gasteiger partial charge is 0.461 e. The molecule has 2 aromatic heterocycles. The Morgan fingerprint density at radius 2 is 2.46 bits per heavy atom. The van der Waals surface area contributed by atoms with E-state index in [1.54, 1.807) is 19.3 Å². The lowest BCUT2D eigenvalue weighted by Crippen LogP contribution is -1.91. The van der Waals surface area contributed by atoms with Gasteiger partial charge in [0.05, 0.1) is 18.0 Å². The van der Waals surface area contributed by atoms with Crippen LogP contribution < -0.4 is 0 Å². The highest BCUT2D eigenvalue weighted by molar-refractivity contribution is 5.82. The number of aldehydes is 1. The first kappa shape index (κ1) is 7.72. The summed E-state index contributed by atoms with van der Waals surface area (Å²) in [6.07, 6.45) is 3.69. The lowest BCUT2D eigenvalue weighted by molar-refractivity contribution is 0.110. The number of aryl methyl sites for hydroxylation is 1. The maximum absolute atomic E-state index is 10.5. The van der Waals surface area contributed by atoms with Gasteiger partial charge in [-0.25, -0.2) is 0 Å². The van der Waals surface area contributed by atoms with Gasteiger partial charge in [0.25, 0.3) is 0 Å². The Morgan fingerprint density at radius 3 is 3.08 bits per heavy atom. The molecule has 0 aliphatic heterocycles. The van der Waals surface area contributed by atoms with Crippen molar-refractivity contribution in [1.82, 2.24) is 15.0 Å². The molecule has 0 N–H and O–H groups in total. The van der Waals surface area contributed by atoms with Crippen LogP contribution in [-0.2, 0) is 7.05 Å². The van der Waals surface area contributed by atoms with E-state index in [1.807, 2.05) is 0 Å². The molecule has 0 saturated heterocycles. The molecule has 0 aliphatic carbocycles. The van der Waals surface area contributed by atoms with E-state index in [-0.39, 0.29) is 5.76 Å². The van der Waals surface area contributed by atoms with Crippen LogP contribution in [0, 0.1) is 0 Å². The van der Waals surface area contributed by atoms with Crippen LogP contribution in [0.1, 0.15) is 10.6 Å². The third-order valence-electron chi connectivity index (χ3n) is 1.68. The zero-order chi connectivity index (χ0) is 9.26. The number of hydrogen-bond acceptors (Lipinski definition) is 4. The Kier molecular flexibility index (Phi) is 1.70. The van der Waals surface area contributed by atoms with Crippen molar-refractivity contribution in [2.45, 2.75) is 0 Å². The van der Waals surface area contributed by atoms with Crippen LogP contribution in [0.15, 0.2) is 22.9 Å². The quantitative estimate of drug-likeness (QED) is 0.639. The molecule has 5 heteroatoms. The second kappa shape index (κ2) is 2.85. The van der Waals surface area contributed by atoms with Gasteiger partial charge in [0.2, 0.25) is 0 Å². The van der Waals surface area contributed by atoms with Crippen LogP contribution in [-0.4, -0.2) is 21.3 Å². The Bertz CT molecular complexity index is 430. The first-order chi connectivity index (χ1) is 6.31. The predicted molar refractivity (Wildman–Crippen MR) is 44.1 cm³/mol. The summed E-state index contributed by atoms with van der Waals surface area (Å²) in [5.74, 6) is 0.278. The van der Waals surface area contributed by atoms with Crippen molar-refractivity contribution in [3.05, 3.63) is 24.3 Å². The number of nitrogens with zero attached hydrogens (tertiary/aromatic N) is 3. The lowest BCUT2D eigenvalue weighted by Gasteiger charge is -1.88. The summed E-state index contributed by atoms with van der Waals surface area (Å²) < 4.78 is 4.93. The predicted octanol–water partition coefficient (Wildman–Crippen LogP) is 0.888. The summed E-state index contributed by atoms with van der Waals surface area (Å²) in [6, 6.07) is 1.69. The lowest BCUT2D eigenvalue weighted by atomic mass is 10.2. The van der Waals surface area contributed by atoms with Crippen LogP contribution in [0.4, 0.5) is 0 Å². The van der Waals surface area contributed by atoms with Gasteiger partial charge in [-0.15, -0.1) is 0 Å². The van der Waals surface area contributed by atoms with E-state index in [2.05, 4.69) is 10.2 Å². The second-order valence-electron chi connectivity index (χ2n) is 2.54. The molecular weight excluding hydrogens is 170 g/mol. The van der Waals surface area contributed by atoms with E-state index in [1.165, 1.54) is 11.1 Å². The minimum Gasteiger partial charge on any atom is -0.461 e. The maximum atomic E-state index is 10.5. The minimum absolute atomic E-state index is 0.278. The van der Waals surface area contributed by atoms with E-state index in [9.17, 15) is 4.79 Å². The van der Waals surface area contributed by atoms with Crippen LogP contribution in [0.2, 0.25) is 0 Å². The average Bonchev–Trinajstić information content (AvgIpc) is 2.71. The minimum atomic E-state index is 0.278. The number of rotatable bonds is 2. The number of carbonyl (C=O) groups is 1. The number of furan rings is 1.